The van der Waals surface area contributed by atoms with Crippen LogP contribution in [-0.2, 0) is 0 Å². The zero-order valence-electron chi connectivity index (χ0n) is 6.98. The van der Waals surface area contributed by atoms with E-state index in [4.69, 9.17) is 0 Å². The molecule has 0 amide bonds. The van der Waals surface area contributed by atoms with Gasteiger partial charge >= 0.3 is 0 Å². The lowest BCUT2D eigenvalue weighted by molar-refractivity contribution is 0.888. The summed E-state index contributed by atoms with van der Waals surface area (Å²) in [5.41, 5.74) is 0. The van der Waals surface area contributed by atoms with Gasteiger partial charge < -0.3 is 0 Å². The summed E-state index contributed by atoms with van der Waals surface area (Å²) in [6.45, 7) is 6.98. The van der Waals surface area contributed by atoms with Crippen LogP contribution in [0.25, 0.3) is 0 Å². The molecule has 0 aromatic rings. The van der Waals surface area contributed by atoms with Crippen molar-refractivity contribution in [3.8, 4) is 0 Å². The van der Waals surface area contributed by atoms with E-state index in [0.717, 1.165) is 0 Å². The fourth-order valence-electron chi connectivity index (χ4n) is 0.922. The molecule has 0 radical (unpaired) electrons. The molecule has 0 aliphatic rings. The van der Waals surface area contributed by atoms with Crippen molar-refractivity contribution in [2.75, 3.05) is 19.0 Å². The first-order chi connectivity index (χ1) is 4.31. The maximum Gasteiger partial charge on any atom is -0.0328 e. The minimum Gasteiger partial charge on any atom is -0.110 e. The number of rotatable bonds is 5. The van der Waals surface area contributed by atoms with Crippen LogP contribution in [0.4, 0.5) is 0 Å². The number of unbranched alkanes of at least 4 members (excludes halogenated alkanes) is 1. The van der Waals surface area contributed by atoms with Crippen molar-refractivity contribution in [2.45, 2.75) is 33.1 Å². The van der Waals surface area contributed by atoms with Crippen molar-refractivity contribution >= 4 is 7.92 Å². The van der Waals surface area contributed by atoms with E-state index >= 15 is 0 Å². The average Bonchev–Trinajstić information content (AvgIpc) is 1.85. The van der Waals surface area contributed by atoms with Crippen LogP contribution in [0.1, 0.15) is 33.1 Å². The first kappa shape index (κ1) is 9.43. The lowest BCUT2D eigenvalue weighted by Crippen LogP contribution is -1.86. The summed E-state index contributed by atoms with van der Waals surface area (Å²) in [7, 11) is 0.413. The molecule has 0 rings (SSSR count). The summed E-state index contributed by atoms with van der Waals surface area (Å²) in [5.74, 6) is 0. The molecule has 0 spiro atoms. The minimum absolute atomic E-state index is 0.413. The van der Waals surface area contributed by atoms with E-state index in [-0.39, 0.29) is 0 Å². The van der Waals surface area contributed by atoms with Crippen LogP contribution < -0.4 is 0 Å². The van der Waals surface area contributed by atoms with Gasteiger partial charge in [0.25, 0.3) is 0 Å². The molecule has 1 atom stereocenters. The van der Waals surface area contributed by atoms with Crippen molar-refractivity contribution in [3.05, 3.63) is 0 Å². The van der Waals surface area contributed by atoms with Crippen LogP contribution in [0.5, 0.6) is 0 Å². The van der Waals surface area contributed by atoms with Crippen molar-refractivity contribution in [2.24, 2.45) is 0 Å². The summed E-state index contributed by atoms with van der Waals surface area (Å²) < 4.78 is 0. The van der Waals surface area contributed by atoms with E-state index < -0.39 is 0 Å². The zero-order chi connectivity index (χ0) is 7.11. The van der Waals surface area contributed by atoms with Gasteiger partial charge in [-0.25, -0.2) is 0 Å². The number of hydrogen-bond donors (Lipinski definition) is 0. The van der Waals surface area contributed by atoms with E-state index in [1.807, 2.05) is 0 Å². The van der Waals surface area contributed by atoms with Crippen molar-refractivity contribution in [1.82, 2.24) is 0 Å². The quantitative estimate of drug-likeness (QED) is 0.522. The highest BCUT2D eigenvalue weighted by molar-refractivity contribution is 7.56. The van der Waals surface area contributed by atoms with Gasteiger partial charge in [0.15, 0.2) is 0 Å². The Morgan fingerprint density at radius 2 is 1.67 bits per heavy atom. The summed E-state index contributed by atoms with van der Waals surface area (Å²) in [6, 6.07) is 0. The summed E-state index contributed by atoms with van der Waals surface area (Å²) >= 11 is 0. The second-order valence-corrected chi connectivity index (χ2v) is 5.26. The molecular formula is C8H19P. The Balaban J connectivity index is 2.95. The normalized spacial score (nSPS) is 13.7. The lowest BCUT2D eigenvalue weighted by Gasteiger charge is -2.08. The molecule has 0 heterocycles. The Bertz CT molecular complexity index is 52.5. The Kier molecular flexibility index (Phi) is 6.86. The van der Waals surface area contributed by atoms with Gasteiger partial charge in [-0.05, 0) is 25.4 Å². The molecule has 1 unspecified atom stereocenters. The first-order valence-electron chi connectivity index (χ1n) is 3.99. The van der Waals surface area contributed by atoms with Gasteiger partial charge in [-0.15, -0.1) is 7.92 Å². The molecule has 0 saturated carbocycles. The summed E-state index contributed by atoms with van der Waals surface area (Å²) in [4.78, 5) is 0. The molecule has 0 fully saturated rings. The van der Waals surface area contributed by atoms with E-state index in [1.54, 1.807) is 0 Å². The topological polar surface area (TPSA) is 0 Å². The fraction of sp³-hybridized carbons (Fsp3) is 1.00. The third-order valence-electron chi connectivity index (χ3n) is 1.50. The molecule has 0 nitrogen and oxygen atoms in total. The number of hydrogen-bond acceptors (Lipinski definition) is 0. The Hall–Kier alpha value is 0.430. The van der Waals surface area contributed by atoms with E-state index in [0.29, 0.717) is 7.92 Å². The maximum absolute atomic E-state index is 2.43. The van der Waals surface area contributed by atoms with Gasteiger partial charge in [-0.2, -0.15) is 0 Å². The van der Waals surface area contributed by atoms with Crippen LogP contribution >= 0.6 is 7.92 Å². The maximum atomic E-state index is 2.43. The molecular weight excluding hydrogens is 127 g/mol. The van der Waals surface area contributed by atoms with Crippen LogP contribution in [0, 0.1) is 0 Å². The molecule has 0 aromatic carbocycles. The molecule has 0 saturated heterocycles. The van der Waals surface area contributed by atoms with Crippen LogP contribution in [0.3, 0.4) is 0 Å². The molecule has 0 aromatic heterocycles. The van der Waals surface area contributed by atoms with Crippen LogP contribution in [-0.4, -0.2) is 19.0 Å². The van der Waals surface area contributed by atoms with Crippen molar-refractivity contribution < 1.29 is 0 Å². The molecule has 9 heavy (non-hydrogen) atoms. The van der Waals surface area contributed by atoms with Gasteiger partial charge in [-0.1, -0.05) is 26.7 Å². The van der Waals surface area contributed by atoms with E-state index in [9.17, 15) is 0 Å². The lowest BCUT2D eigenvalue weighted by atomic mass is 10.4. The average molecular weight is 146 g/mol. The van der Waals surface area contributed by atoms with E-state index in [2.05, 4.69) is 20.5 Å². The smallest absolute Gasteiger partial charge is 0.0328 e. The minimum atomic E-state index is 0.413. The zero-order valence-corrected chi connectivity index (χ0v) is 7.88. The molecule has 0 aliphatic heterocycles. The first-order valence-corrected chi connectivity index (χ1v) is 6.15. The largest absolute Gasteiger partial charge is 0.110 e. The molecule has 1 heteroatoms. The van der Waals surface area contributed by atoms with Gasteiger partial charge in [0.2, 0.25) is 0 Å². The Labute approximate surface area is 60.8 Å². The standard InChI is InChI=1S/C8H19P/c1-4-6-8-9(3)7-5-2/h4-8H2,1-3H3. The second kappa shape index (κ2) is 6.55. The molecule has 56 valence electrons. The van der Waals surface area contributed by atoms with Gasteiger partial charge in [0.05, 0.1) is 0 Å². The SMILES string of the molecule is CCCCP(C)CCC. The summed E-state index contributed by atoms with van der Waals surface area (Å²) in [5, 5.41) is 0. The third kappa shape index (κ3) is 6.31. The third-order valence-corrected chi connectivity index (χ3v) is 3.79. The highest BCUT2D eigenvalue weighted by atomic mass is 31.1. The predicted molar refractivity (Wildman–Crippen MR) is 47.8 cm³/mol. The summed E-state index contributed by atoms with van der Waals surface area (Å²) in [6.07, 6.45) is 7.18. The Morgan fingerprint density at radius 3 is 2.11 bits per heavy atom. The van der Waals surface area contributed by atoms with Crippen LogP contribution in [0.2, 0.25) is 0 Å². The second-order valence-electron chi connectivity index (χ2n) is 2.66. The fourth-order valence-corrected chi connectivity index (χ4v) is 2.76. The van der Waals surface area contributed by atoms with Gasteiger partial charge in [-0.3, -0.25) is 0 Å². The van der Waals surface area contributed by atoms with Crippen molar-refractivity contribution in [1.29, 1.82) is 0 Å². The predicted octanol–water partition coefficient (Wildman–Crippen LogP) is 3.31. The molecule has 0 N–H and O–H groups in total. The van der Waals surface area contributed by atoms with Gasteiger partial charge in [0.1, 0.15) is 0 Å². The van der Waals surface area contributed by atoms with Crippen LogP contribution in [0.15, 0.2) is 0 Å². The Morgan fingerprint density at radius 1 is 1.00 bits per heavy atom. The van der Waals surface area contributed by atoms with Gasteiger partial charge in [0, 0.05) is 0 Å². The molecule has 0 bridgehead atoms. The van der Waals surface area contributed by atoms with E-state index in [1.165, 1.54) is 31.6 Å². The monoisotopic (exact) mass is 146 g/mol. The van der Waals surface area contributed by atoms with Crippen molar-refractivity contribution in [3.63, 3.8) is 0 Å². The highest BCUT2D eigenvalue weighted by Gasteiger charge is 1.96. The molecule has 0 aliphatic carbocycles. The highest BCUT2D eigenvalue weighted by Crippen LogP contribution is 2.31.